The number of hydrogen-bond donors (Lipinski definition) is 4. The molecule has 0 spiro atoms. The van der Waals surface area contributed by atoms with Gasteiger partial charge in [-0.25, -0.2) is 4.79 Å². The summed E-state index contributed by atoms with van der Waals surface area (Å²) in [4.78, 5) is 37.4. The van der Waals surface area contributed by atoms with Crippen molar-refractivity contribution < 1.29 is 29.0 Å². The summed E-state index contributed by atoms with van der Waals surface area (Å²) in [6, 6.07) is -0.487. The summed E-state index contributed by atoms with van der Waals surface area (Å²) in [5.74, 6) is -1.77. The third kappa shape index (κ3) is 10.3. The molecule has 194 valence electrons. The molecule has 1 aliphatic rings. The highest BCUT2D eigenvalue weighted by Gasteiger charge is 2.37. The van der Waals surface area contributed by atoms with E-state index < -0.39 is 46.9 Å². The largest absolute Gasteiger partial charge is 0.460 e. The first-order valence-electron chi connectivity index (χ1n) is 11.8. The summed E-state index contributed by atoms with van der Waals surface area (Å²) >= 11 is 0. The summed E-state index contributed by atoms with van der Waals surface area (Å²) in [6.07, 6.45) is 5.20. The van der Waals surface area contributed by atoms with Crippen molar-refractivity contribution in [2.24, 2.45) is 17.6 Å². The first kappa shape index (κ1) is 29.6. The maximum atomic E-state index is 12.9. The van der Waals surface area contributed by atoms with Gasteiger partial charge in [-0.2, -0.15) is 0 Å². The van der Waals surface area contributed by atoms with Gasteiger partial charge in [0.05, 0.1) is 5.92 Å². The second kappa shape index (κ2) is 11.8. The molecule has 4 unspecified atom stereocenters. The lowest BCUT2D eigenvalue weighted by molar-refractivity contribution is -0.161. The van der Waals surface area contributed by atoms with Crippen LogP contribution in [-0.4, -0.2) is 52.6 Å². The maximum Gasteiger partial charge on any atom is 0.407 e. The van der Waals surface area contributed by atoms with Gasteiger partial charge in [-0.05, 0) is 73.1 Å². The van der Waals surface area contributed by atoms with Crippen molar-refractivity contribution in [2.45, 2.75) is 97.6 Å². The number of aliphatic hydroxyl groups is 1. The number of carbonyl (C=O) groups is 3. The highest BCUT2D eigenvalue weighted by molar-refractivity contribution is 5.77. The smallest absolute Gasteiger partial charge is 0.407 e. The number of amides is 2. The van der Waals surface area contributed by atoms with Gasteiger partial charge in [-0.3, -0.25) is 9.59 Å². The minimum absolute atomic E-state index is 0.115. The van der Waals surface area contributed by atoms with E-state index in [4.69, 9.17) is 15.2 Å². The number of hydrogen-bond acceptors (Lipinski definition) is 7. The Morgan fingerprint density at radius 2 is 1.71 bits per heavy atom. The number of alkyl carbamates (subject to hydrolysis) is 1. The van der Waals surface area contributed by atoms with Gasteiger partial charge in [0.2, 0.25) is 5.91 Å². The van der Waals surface area contributed by atoms with E-state index in [9.17, 15) is 19.5 Å². The van der Waals surface area contributed by atoms with Gasteiger partial charge in [0.25, 0.3) is 0 Å². The fourth-order valence-electron chi connectivity index (χ4n) is 3.68. The molecule has 4 atom stereocenters. The molecular weight excluding hydrogens is 438 g/mol. The van der Waals surface area contributed by atoms with Crippen molar-refractivity contribution in [1.29, 1.82) is 0 Å². The molecule has 0 saturated heterocycles. The van der Waals surface area contributed by atoms with Crippen LogP contribution in [0, 0.1) is 11.8 Å². The molecule has 9 heteroatoms. The Kier molecular flexibility index (Phi) is 10.3. The topological polar surface area (TPSA) is 140 Å². The third-order valence-electron chi connectivity index (χ3n) is 5.15. The van der Waals surface area contributed by atoms with E-state index in [1.165, 1.54) is 6.08 Å². The highest BCUT2D eigenvalue weighted by atomic mass is 16.6. The van der Waals surface area contributed by atoms with Crippen molar-refractivity contribution in [3.8, 4) is 0 Å². The second-order valence-corrected chi connectivity index (χ2v) is 10.9. The van der Waals surface area contributed by atoms with Crippen LogP contribution in [0.5, 0.6) is 0 Å². The molecule has 1 aliphatic carbocycles. The van der Waals surface area contributed by atoms with E-state index in [1.54, 1.807) is 67.5 Å². The van der Waals surface area contributed by atoms with Crippen LogP contribution >= 0.6 is 0 Å². The van der Waals surface area contributed by atoms with E-state index in [0.29, 0.717) is 13.0 Å². The Hall–Kier alpha value is -2.39. The van der Waals surface area contributed by atoms with Crippen molar-refractivity contribution in [1.82, 2.24) is 10.6 Å². The normalized spacial score (nSPS) is 21.1. The number of nitrogens with one attached hydrogen (secondary N) is 2. The highest BCUT2D eigenvalue weighted by Crippen LogP contribution is 2.32. The molecule has 0 bridgehead atoms. The number of carbonyl (C=O) groups excluding carboxylic acids is 3. The van der Waals surface area contributed by atoms with Crippen LogP contribution in [0.25, 0.3) is 0 Å². The van der Waals surface area contributed by atoms with Gasteiger partial charge in [-0.15, -0.1) is 0 Å². The minimum Gasteiger partial charge on any atom is -0.460 e. The molecule has 5 N–H and O–H groups in total. The van der Waals surface area contributed by atoms with Crippen LogP contribution in [0.2, 0.25) is 0 Å². The van der Waals surface area contributed by atoms with Crippen LogP contribution in [-0.2, 0) is 19.1 Å². The van der Waals surface area contributed by atoms with Crippen LogP contribution in [0.4, 0.5) is 4.79 Å². The Morgan fingerprint density at radius 3 is 2.18 bits per heavy atom. The minimum atomic E-state index is -1.53. The molecule has 0 aromatic heterocycles. The summed E-state index contributed by atoms with van der Waals surface area (Å²) in [5, 5.41) is 16.2. The zero-order valence-corrected chi connectivity index (χ0v) is 21.9. The van der Waals surface area contributed by atoms with Crippen molar-refractivity contribution in [3.63, 3.8) is 0 Å². The lowest BCUT2D eigenvalue weighted by atomic mass is 9.78. The average molecular weight is 482 g/mol. The molecule has 9 nitrogen and oxygen atoms in total. The summed E-state index contributed by atoms with van der Waals surface area (Å²) in [5.41, 5.74) is 3.31. The van der Waals surface area contributed by atoms with Crippen LogP contribution < -0.4 is 16.4 Å². The molecule has 0 radical (unpaired) electrons. The number of esters is 1. The molecule has 34 heavy (non-hydrogen) atoms. The Balaban J connectivity index is 3.10. The molecule has 0 aromatic rings. The van der Waals surface area contributed by atoms with Crippen molar-refractivity contribution in [2.75, 3.05) is 6.54 Å². The zero-order valence-electron chi connectivity index (χ0n) is 21.9. The van der Waals surface area contributed by atoms with Gasteiger partial charge in [0.1, 0.15) is 11.2 Å². The standard InChI is InChI=1S/C25H43N3O6/c1-16(21(30)33-23(3,4)5)20(17(2)27-22(31)34-24(6,7)8)18-11-13-25(32,14-12-18)28-19(29)10-9-15-26/h11-13,16-17,20,32H,9-10,14-15,26H2,1-8H3,(H,27,31)(H,28,29). The third-order valence-corrected chi connectivity index (χ3v) is 5.15. The summed E-state index contributed by atoms with van der Waals surface area (Å²) < 4.78 is 11.0. The Morgan fingerprint density at radius 1 is 1.12 bits per heavy atom. The van der Waals surface area contributed by atoms with E-state index in [-0.39, 0.29) is 18.7 Å². The molecule has 1 rings (SSSR count). The van der Waals surface area contributed by atoms with E-state index >= 15 is 0 Å². The molecule has 0 saturated carbocycles. The average Bonchev–Trinajstić information content (AvgIpc) is 2.65. The molecule has 0 aromatic carbocycles. The zero-order chi connectivity index (χ0) is 26.3. The molecule has 0 aliphatic heterocycles. The summed E-state index contributed by atoms with van der Waals surface area (Å²) in [7, 11) is 0. The van der Waals surface area contributed by atoms with Crippen LogP contribution in [0.15, 0.2) is 23.8 Å². The quantitative estimate of drug-likeness (QED) is 0.293. The first-order valence-corrected chi connectivity index (χ1v) is 11.8. The monoisotopic (exact) mass is 481 g/mol. The van der Waals surface area contributed by atoms with Crippen LogP contribution in [0.3, 0.4) is 0 Å². The van der Waals surface area contributed by atoms with Gasteiger partial charge in [-0.1, -0.05) is 19.1 Å². The predicted octanol–water partition coefficient (Wildman–Crippen LogP) is 2.92. The Bertz CT molecular complexity index is 793. The lowest BCUT2D eigenvalue weighted by Gasteiger charge is -2.35. The number of nitrogens with two attached hydrogens (primary N) is 1. The SMILES string of the molecule is CC(NC(=O)OC(C)(C)C)C(C1=CCC(O)(NC(=O)CCCN)C=C1)C(C)C(=O)OC(C)(C)C. The van der Waals surface area contributed by atoms with Crippen molar-refractivity contribution >= 4 is 18.0 Å². The van der Waals surface area contributed by atoms with E-state index in [1.807, 2.05) is 0 Å². The fraction of sp³-hybridized carbons (Fsp3) is 0.720. The van der Waals surface area contributed by atoms with Gasteiger partial charge >= 0.3 is 12.1 Å². The molecular formula is C25H43N3O6. The summed E-state index contributed by atoms with van der Waals surface area (Å²) in [6.45, 7) is 14.6. The predicted molar refractivity (Wildman–Crippen MR) is 131 cm³/mol. The fourth-order valence-corrected chi connectivity index (χ4v) is 3.68. The second-order valence-electron chi connectivity index (χ2n) is 10.9. The van der Waals surface area contributed by atoms with E-state index in [2.05, 4.69) is 10.6 Å². The Labute approximate surface area is 203 Å². The molecule has 2 amide bonds. The number of allylic oxidation sites excluding steroid dienone is 1. The first-order chi connectivity index (χ1) is 15.5. The number of ether oxygens (including phenoxy) is 2. The molecule has 0 fully saturated rings. The lowest BCUT2D eigenvalue weighted by Crippen LogP contribution is -2.49. The van der Waals surface area contributed by atoms with Crippen LogP contribution in [0.1, 0.15) is 74.7 Å². The number of rotatable bonds is 9. The van der Waals surface area contributed by atoms with Gasteiger partial charge in [0, 0.05) is 24.8 Å². The van der Waals surface area contributed by atoms with Gasteiger partial charge < -0.3 is 30.9 Å². The molecule has 0 heterocycles. The maximum absolute atomic E-state index is 12.9. The van der Waals surface area contributed by atoms with E-state index in [0.717, 1.165) is 5.57 Å². The van der Waals surface area contributed by atoms with Crippen molar-refractivity contribution in [3.05, 3.63) is 23.8 Å². The van der Waals surface area contributed by atoms with Gasteiger partial charge in [0.15, 0.2) is 5.72 Å².